The van der Waals surface area contributed by atoms with Crippen LogP contribution >= 0.6 is 11.3 Å². The molecule has 4 rings (SSSR count). The van der Waals surface area contributed by atoms with E-state index in [-0.39, 0.29) is 38.6 Å². The van der Waals surface area contributed by atoms with Crippen LogP contribution in [-0.4, -0.2) is 43.3 Å². The fraction of sp³-hybridized carbons (Fsp3) is 0.304. The lowest BCUT2D eigenvalue weighted by Crippen LogP contribution is -2.42. The third-order valence-corrected chi connectivity index (χ3v) is 8.48. The summed E-state index contributed by atoms with van der Waals surface area (Å²) in [6, 6.07) is 7.06. The Bertz CT molecular complexity index is 1330. The molecule has 1 atom stereocenters. The van der Waals surface area contributed by atoms with Crippen molar-refractivity contribution in [2.75, 3.05) is 19.0 Å². The molecule has 1 aliphatic heterocycles. The van der Waals surface area contributed by atoms with Gasteiger partial charge < -0.3 is 4.74 Å². The van der Waals surface area contributed by atoms with E-state index in [0.717, 1.165) is 48.8 Å². The number of amides is 1. The number of anilines is 1. The Morgan fingerprint density at radius 1 is 1.21 bits per heavy atom. The maximum Gasteiger partial charge on any atom is 0.257 e. The van der Waals surface area contributed by atoms with Crippen molar-refractivity contribution < 1.29 is 26.7 Å². The standard InChI is InChI=1S/C23H23F2N3O4S2/c1-14-5-3-4-10-28(14)34(30,31)21-11-15(6-9-20(21)32-2)22(29)27-23-26-19(13-33-23)17-12-16(24)7-8-18(17)25/h6-9,11-14H,3-5,10H2,1-2H3,(H,26,27,29). The van der Waals surface area contributed by atoms with Crippen molar-refractivity contribution in [2.45, 2.75) is 37.1 Å². The number of methoxy groups -OCH3 is 1. The molecule has 1 saturated heterocycles. The molecular formula is C23H23F2N3O4S2. The molecule has 1 N–H and O–H groups in total. The fourth-order valence-corrected chi connectivity index (χ4v) is 6.48. The maximum atomic E-state index is 14.0. The van der Waals surface area contributed by atoms with Gasteiger partial charge >= 0.3 is 0 Å². The van der Waals surface area contributed by atoms with Gasteiger partial charge in [-0.25, -0.2) is 22.2 Å². The van der Waals surface area contributed by atoms with Crippen molar-refractivity contribution in [3.05, 3.63) is 59.0 Å². The van der Waals surface area contributed by atoms with E-state index < -0.39 is 27.6 Å². The molecule has 0 spiro atoms. The summed E-state index contributed by atoms with van der Waals surface area (Å²) in [6.45, 7) is 2.27. The van der Waals surface area contributed by atoms with Gasteiger partial charge in [-0.05, 0) is 56.2 Å². The van der Waals surface area contributed by atoms with E-state index in [2.05, 4.69) is 10.3 Å². The summed E-state index contributed by atoms with van der Waals surface area (Å²) in [5.41, 5.74) is 0.248. The zero-order chi connectivity index (χ0) is 24.5. The largest absolute Gasteiger partial charge is 0.495 e. The normalized spacial score (nSPS) is 16.9. The smallest absolute Gasteiger partial charge is 0.257 e. The summed E-state index contributed by atoms with van der Waals surface area (Å²) in [5.74, 6) is -1.69. The van der Waals surface area contributed by atoms with Crippen molar-refractivity contribution in [1.82, 2.24) is 9.29 Å². The average molecular weight is 508 g/mol. The predicted octanol–water partition coefficient (Wildman–Crippen LogP) is 4.91. The van der Waals surface area contributed by atoms with E-state index in [0.29, 0.717) is 6.54 Å². The van der Waals surface area contributed by atoms with Gasteiger partial charge in [0.25, 0.3) is 5.91 Å². The van der Waals surface area contributed by atoms with Gasteiger partial charge in [-0.15, -0.1) is 11.3 Å². The predicted molar refractivity (Wildman–Crippen MR) is 126 cm³/mol. The number of rotatable bonds is 6. The van der Waals surface area contributed by atoms with Crippen LogP contribution in [0.1, 0.15) is 36.5 Å². The molecule has 7 nitrogen and oxygen atoms in total. The summed E-state index contributed by atoms with van der Waals surface area (Å²) < 4.78 is 61.0. The molecule has 2 heterocycles. The molecule has 0 radical (unpaired) electrons. The second-order valence-corrected chi connectivity index (χ2v) is 10.7. The Hall–Kier alpha value is -2.89. The number of nitrogens with zero attached hydrogens (tertiary/aromatic N) is 2. The van der Waals surface area contributed by atoms with E-state index in [1.54, 1.807) is 0 Å². The first-order valence-corrected chi connectivity index (χ1v) is 12.9. The number of sulfonamides is 1. The van der Waals surface area contributed by atoms with Gasteiger partial charge in [0.15, 0.2) is 5.13 Å². The molecule has 0 saturated carbocycles. The van der Waals surface area contributed by atoms with Crippen molar-refractivity contribution in [3.8, 4) is 17.0 Å². The van der Waals surface area contributed by atoms with Crippen molar-refractivity contribution in [1.29, 1.82) is 0 Å². The monoisotopic (exact) mass is 507 g/mol. The SMILES string of the molecule is COc1ccc(C(=O)Nc2nc(-c3cc(F)ccc3F)cs2)cc1S(=O)(=O)N1CCCCC1C. The third-order valence-electron chi connectivity index (χ3n) is 5.68. The number of aromatic nitrogens is 1. The topological polar surface area (TPSA) is 88.6 Å². The molecule has 1 unspecified atom stereocenters. The number of thiazole rings is 1. The molecule has 1 aliphatic rings. The van der Waals surface area contributed by atoms with Crippen LogP contribution in [-0.2, 0) is 10.0 Å². The van der Waals surface area contributed by atoms with E-state index >= 15 is 0 Å². The third kappa shape index (κ3) is 4.82. The van der Waals surface area contributed by atoms with Crippen LogP contribution in [0.2, 0.25) is 0 Å². The second-order valence-electron chi connectivity index (χ2n) is 7.94. The highest BCUT2D eigenvalue weighted by molar-refractivity contribution is 7.89. The number of piperidine rings is 1. The molecule has 34 heavy (non-hydrogen) atoms. The lowest BCUT2D eigenvalue weighted by Gasteiger charge is -2.32. The first-order valence-electron chi connectivity index (χ1n) is 10.6. The lowest BCUT2D eigenvalue weighted by molar-refractivity contribution is 0.102. The summed E-state index contributed by atoms with van der Waals surface area (Å²) in [6.07, 6.45) is 2.49. The Balaban J connectivity index is 1.60. The van der Waals surface area contributed by atoms with Crippen LogP contribution in [0.25, 0.3) is 11.3 Å². The van der Waals surface area contributed by atoms with Gasteiger partial charge in [0.05, 0.1) is 12.8 Å². The highest BCUT2D eigenvalue weighted by Crippen LogP contribution is 2.32. The summed E-state index contributed by atoms with van der Waals surface area (Å²) >= 11 is 1.04. The minimum atomic E-state index is -3.89. The van der Waals surface area contributed by atoms with Gasteiger partial charge in [0, 0.05) is 29.1 Å². The van der Waals surface area contributed by atoms with Crippen LogP contribution in [0.3, 0.4) is 0 Å². The molecule has 11 heteroatoms. The number of halogens is 2. The second kappa shape index (κ2) is 9.77. The lowest BCUT2D eigenvalue weighted by atomic mass is 10.1. The van der Waals surface area contributed by atoms with E-state index in [9.17, 15) is 22.0 Å². The highest BCUT2D eigenvalue weighted by atomic mass is 32.2. The van der Waals surface area contributed by atoms with Crippen LogP contribution in [0, 0.1) is 11.6 Å². The summed E-state index contributed by atoms with van der Waals surface area (Å²) in [4.78, 5) is 17.0. The van der Waals surface area contributed by atoms with Gasteiger partial charge in [-0.3, -0.25) is 10.1 Å². The van der Waals surface area contributed by atoms with E-state index in [4.69, 9.17) is 4.74 Å². The fourth-order valence-electron chi connectivity index (χ4n) is 3.89. The summed E-state index contributed by atoms with van der Waals surface area (Å²) in [7, 11) is -2.51. The molecule has 0 bridgehead atoms. The van der Waals surface area contributed by atoms with E-state index in [1.807, 2.05) is 6.92 Å². The zero-order valence-electron chi connectivity index (χ0n) is 18.5. The number of benzene rings is 2. The number of carbonyl (C=O) groups excluding carboxylic acids is 1. The number of ether oxygens (including phenoxy) is 1. The Labute approximate surface area is 200 Å². The van der Waals surface area contributed by atoms with E-state index in [1.165, 1.54) is 35.0 Å². The number of hydrogen-bond acceptors (Lipinski definition) is 6. The van der Waals surface area contributed by atoms with Crippen molar-refractivity contribution in [2.24, 2.45) is 0 Å². The van der Waals surface area contributed by atoms with Crippen LogP contribution < -0.4 is 10.1 Å². The maximum absolute atomic E-state index is 14.0. The number of nitrogens with one attached hydrogen (secondary N) is 1. The van der Waals surface area contributed by atoms with Crippen LogP contribution in [0.15, 0.2) is 46.7 Å². The molecule has 3 aromatic rings. The quantitative estimate of drug-likeness (QED) is 0.512. The van der Waals surface area contributed by atoms with Crippen molar-refractivity contribution >= 4 is 32.4 Å². The summed E-state index contributed by atoms with van der Waals surface area (Å²) in [5, 5.41) is 4.25. The van der Waals surface area contributed by atoms with Crippen LogP contribution in [0.4, 0.5) is 13.9 Å². The van der Waals surface area contributed by atoms with Gasteiger partial charge in [0.1, 0.15) is 22.3 Å². The van der Waals surface area contributed by atoms with Gasteiger partial charge in [0.2, 0.25) is 10.0 Å². The average Bonchev–Trinajstić information content (AvgIpc) is 3.28. The first kappa shape index (κ1) is 24.2. The molecule has 1 amide bonds. The zero-order valence-corrected chi connectivity index (χ0v) is 20.2. The molecule has 0 aliphatic carbocycles. The molecule has 1 aromatic heterocycles. The Morgan fingerprint density at radius 3 is 2.74 bits per heavy atom. The Morgan fingerprint density at radius 2 is 2.00 bits per heavy atom. The Kier molecular flexibility index (Phi) is 6.96. The van der Waals surface area contributed by atoms with Crippen LogP contribution in [0.5, 0.6) is 5.75 Å². The van der Waals surface area contributed by atoms with Crippen molar-refractivity contribution in [3.63, 3.8) is 0 Å². The molecule has 180 valence electrons. The molecular weight excluding hydrogens is 484 g/mol. The minimum Gasteiger partial charge on any atom is -0.495 e. The van der Waals surface area contributed by atoms with Gasteiger partial charge in [-0.1, -0.05) is 6.42 Å². The van der Waals surface area contributed by atoms with Gasteiger partial charge in [-0.2, -0.15) is 4.31 Å². The number of carbonyl (C=O) groups is 1. The minimum absolute atomic E-state index is 0.0229. The molecule has 1 fully saturated rings. The molecule has 2 aromatic carbocycles. The number of hydrogen-bond donors (Lipinski definition) is 1. The highest BCUT2D eigenvalue weighted by Gasteiger charge is 2.33. The first-order chi connectivity index (χ1) is 16.2.